The maximum absolute atomic E-state index is 12.8. The molecule has 1 spiro atoms. The van der Waals surface area contributed by atoms with Crippen LogP contribution in [0, 0.1) is 0 Å². The van der Waals surface area contributed by atoms with Crippen molar-refractivity contribution in [1.82, 2.24) is 9.80 Å². The van der Waals surface area contributed by atoms with E-state index < -0.39 is 0 Å². The molecule has 0 bridgehead atoms. The van der Waals surface area contributed by atoms with Gasteiger partial charge in [-0.05, 0) is 56.7 Å². The minimum atomic E-state index is -0.162. The number of hydrogen-bond acceptors (Lipinski definition) is 2. The molecule has 0 saturated carbocycles. The Morgan fingerprint density at radius 1 is 1.24 bits per heavy atom. The number of aryl methyl sites for hydroxylation is 1. The number of piperidine rings is 2. The third kappa shape index (κ3) is 3.65. The molecule has 0 aromatic heterocycles. The molecular formula is C20H29N3O2. The topological polar surface area (TPSA) is 52.7 Å². The Balaban J connectivity index is 1.72. The molecule has 5 nitrogen and oxygen atoms in total. The van der Waals surface area contributed by atoms with Crippen molar-refractivity contribution in [2.24, 2.45) is 0 Å². The monoisotopic (exact) mass is 343 g/mol. The molecule has 1 unspecified atom stereocenters. The fraction of sp³-hybridized carbons (Fsp3) is 0.600. The van der Waals surface area contributed by atoms with E-state index in [1.165, 1.54) is 5.56 Å². The number of hydrogen-bond donors (Lipinski definition) is 1. The minimum Gasteiger partial charge on any atom is -0.336 e. The van der Waals surface area contributed by atoms with E-state index in [-0.39, 0.29) is 17.5 Å². The van der Waals surface area contributed by atoms with Crippen LogP contribution in [0.15, 0.2) is 24.3 Å². The number of rotatable bonds is 3. The van der Waals surface area contributed by atoms with Gasteiger partial charge in [-0.2, -0.15) is 0 Å². The van der Waals surface area contributed by atoms with Crippen molar-refractivity contribution in [2.75, 3.05) is 25.0 Å². The smallest absolute Gasteiger partial charge is 0.321 e. The van der Waals surface area contributed by atoms with Gasteiger partial charge in [-0.15, -0.1) is 0 Å². The van der Waals surface area contributed by atoms with Crippen LogP contribution >= 0.6 is 0 Å². The van der Waals surface area contributed by atoms with Crippen LogP contribution in [0.5, 0.6) is 0 Å². The molecule has 2 heterocycles. The second-order valence-corrected chi connectivity index (χ2v) is 7.23. The predicted molar refractivity (Wildman–Crippen MR) is 99.6 cm³/mol. The summed E-state index contributed by atoms with van der Waals surface area (Å²) in [7, 11) is 0. The Kier molecular flexibility index (Phi) is 5.30. The third-order valence-electron chi connectivity index (χ3n) is 5.65. The molecule has 2 saturated heterocycles. The molecular weight excluding hydrogens is 314 g/mol. The maximum atomic E-state index is 12.8. The highest BCUT2D eigenvalue weighted by molar-refractivity contribution is 5.89. The summed E-state index contributed by atoms with van der Waals surface area (Å²) >= 11 is 0. The van der Waals surface area contributed by atoms with E-state index in [2.05, 4.69) is 18.3 Å². The fourth-order valence-electron chi connectivity index (χ4n) is 4.40. The van der Waals surface area contributed by atoms with Crippen molar-refractivity contribution in [3.05, 3.63) is 29.8 Å². The fourth-order valence-corrected chi connectivity index (χ4v) is 4.40. The Morgan fingerprint density at radius 3 is 2.80 bits per heavy atom. The first-order chi connectivity index (χ1) is 12.1. The number of benzene rings is 1. The molecule has 1 N–H and O–H groups in total. The van der Waals surface area contributed by atoms with E-state index in [1.54, 1.807) is 0 Å². The van der Waals surface area contributed by atoms with Gasteiger partial charge < -0.3 is 15.1 Å². The lowest BCUT2D eigenvalue weighted by atomic mass is 9.79. The lowest BCUT2D eigenvalue weighted by molar-refractivity contribution is -0.144. The van der Waals surface area contributed by atoms with E-state index in [4.69, 9.17) is 0 Å². The molecule has 1 aromatic carbocycles. The molecule has 1 atom stereocenters. The summed E-state index contributed by atoms with van der Waals surface area (Å²) in [6.45, 7) is 6.28. The van der Waals surface area contributed by atoms with Crippen LogP contribution < -0.4 is 5.32 Å². The van der Waals surface area contributed by atoms with Gasteiger partial charge in [-0.3, -0.25) is 4.79 Å². The van der Waals surface area contributed by atoms with Gasteiger partial charge in [0.15, 0.2) is 0 Å². The van der Waals surface area contributed by atoms with Crippen molar-refractivity contribution in [3.63, 3.8) is 0 Å². The summed E-state index contributed by atoms with van der Waals surface area (Å²) in [5.74, 6) is 0.242. The number of urea groups is 1. The van der Waals surface area contributed by atoms with Crippen molar-refractivity contribution < 1.29 is 9.59 Å². The van der Waals surface area contributed by atoms with E-state index in [1.807, 2.05) is 34.9 Å². The van der Waals surface area contributed by atoms with Gasteiger partial charge in [0.05, 0.1) is 5.54 Å². The van der Waals surface area contributed by atoms with Crippen molar-refractivity contribution in [2.45, 2.75) is 57.9 Å². The lowest BCUT2D eigenvalue weighted by Crippen LogP contribution is -2.63. The van der Waals surface area contributed by atoms with Crippen LogP contribution in [0.1, 0.15) is 51.5 Å². The molecule has 3 rings (SSSR count). The largest absolute Gasteiger partial charge is 0.336 e. The molecule has 2 aliphatic rings. The van der Waals surface area contributed by atoms with Gasteiger partial charge in [0.1, 0.15) is 0 Å². The highest BCUT2D eigenvalue weighted by atomic mass is 16.2. The van der Waals surface area contributed by atoms with Gasteiger partial charge in [-0.1, -0.05) is 19.1 Å². The minimum absolute atomic E-state index is 0.0543. The Bertz CT molecular complexity index is 642. The Morgan fingerprint density at radius 2 is 2.04 bits per heavy atom. The SMILES string of the molecule is CCc1cccc(NC(=O)N2CCCC3(CCCC(=O)N3CC)C2)c1. The number of anilines is 1. The molecule has 0 aliphatic carbocycles. The second kappa shape index (κ2) is 7.46. The number of amides is 3. The molecule has 2 fully saturated rings. The lowest BCUT2D eigenvalue weighted by Gasteiger charge is -2.51. The van der Waals surface area contributed by atoms with E-state index in [9.17, 15) is 9.59 Å². The normalized spacial score (nSPS) is 23.8. The summed E-state index contributed by atoms with van der Waals surface area (Å²) in [5, 5.41) is 3.04. The quantitative estimate of drug-likeness (QED) is 0.911. The zero-order chi connectivity index (χ0) is 17.9. The summed E-state index contributed by atoms with van der Waals surface area (Å²) in [4.78, 5) is 29.0. The highest BCUT2D eigenvalue weighted by Gasteiger charge is 2.45. The highest BCUT2D eigenvalue weighted by Crippen LogP contribution is 2.36. The first-order valence-electron chi connectivity index (χ1n) is 9.53. The number of carbonyl (C=O) groups excluding carboxylic acids is 2. The average molecular weight is 343 g/mol. The van der Waals surface area contributed by atoms with Gasteiger partial charge in [0.25, 0.3) is 0 Å². The Hall–Kier alpha value is -2.04. The van der Waals surface area contributed by atoms with Crippen LogP contribution in [0.4, 0.5) is 10.5 Å². The zero-order valence-electron chi connectivity index (χ0n) is 15.4. The zero-order valence-corrected chi connectivity index (χ0v) is 15.4. The summed E-state index contributed by atoms with van der Waals surface area (Å²) in [5.41, 5.74) is 1.89. The molecule has 2 aliphatic heterocycles. The molecule has 1 aromatic rings. The van der Waals surface area contributed by atoms with Gasteiger partial charge in [0.2, 0.25) is 5.91 Å². The average Bonchev–Trinajstić information content (AvgIpc) is 2.62. The maximum Gasteiger partial charge on any atom is 0.321 e. The molecule has 136 valence electrons. The molecule has 5 heteroatoms. The van der Waals surface area contributed by atoms with Crippen LogP contribution in [0.25, 0.3) is 0 Å². The predicted octanol–water partition coefficient (Wildman–Crippen LogP) is 3.65. The molecule has 25 heavy (non-hydrogen) atoms. The number of nitrogens with one attached hydrogen (secondary N) is 1. The van der Waals surface area contributed by atoms with Crippen LogP contribution in [-0.4, -0.2) is 46.9 Å². The van der Waals surface area contributed by atoms with Crippen LogP contribution in [0.3, 0.4) is 0 Å². The van der Waals surface area contributed by atoms with E-state index in [0.717, 1.165) is 50.9 Å². The molecule has 3 amide bonds. The van der Waals surface area contributed by atoms with Crippen LogP contribution in [-0.2, 0) is 11.2 Å². The third-order valence-corrected chi connectivity index (χ3v) is 5.65. The van der Waals surface area contributed by atoms with Gasteiger partial charge in [0, 0.05) is 31.7 Å². The van der Waals surface area contributed by atoms with Gasteiger partial charge >= 0.3 is 6.03 Å². The number of likely N-dealkylation sites (tertiary alicyclic amines) is 2. The van der Waals surface area contributed by atoms with Crippen molar-refractivity contribution in [1.29, 1.82) is 0 Å². The van der Waals surface area contributed by atoms with Crippen molar-refractivity contribution in [3.8, 4) is 0 Å². The van der Waals surface area contributed by atoms with E-state index in [0.29, 0.717) is 13.0 Å². The number of likely N-dealkylation sites (N-methyl/N-ethyl adjacent to an activating group) is 1. The first kappa shape index (κ1) is 17.8. The van der Waals surface area contributed by atoms with Crippen LogP contribution in [0.2, 0.25) is 0 Å². The second-order valence-electron chi connectivity index (χ2n) is 7.23. The Labute approximate surface area is 150 Å². The summed E-state index contributed by atoms with van der Waals surface area (Å²) < 4.78 is 0. The first-order valence-corrected chi connectivity index (χ1v) is 9.53. The summed E-state index contributed by atoms with van der Waals surface area (Å²) in [6, 6.07) is 7.95. The standard InChI is InChI=1S/C20H29N3O2/c1-3-16-8-5-9-17(14-16)21-19(25)22-13-7-12-20(15-22)11-6-10-18(24)23(20)4-2/h5,8-9,14H,3-4,6-7,10-13,15H2,1-2H3,(H,21,25). The number of nitrogens with zero attached hydrogens (tertiary/aromatic N) is 2. The van der Waals surface area contributed by atoms with Gasteiger partial charge in [-0.25, -0.2) is 4.79 Å². The molecule has 0 radical (unpaired) electrons. The van der Waals surface area contributed by atoms with Crippen molar-refractivity contribution >= 4 is 17.6 Å². The summed E-state index contributed by atoms with van der Waals surface area (Å²) in [6.07, 6.45) is 5.48. The van der Waals surface area contributed by atoms with E-state index >= 15 is 0 Å². The number of carbonyl (C=O) groups is 2.